The fourth-order valence-electron chi connectivity index (χ4n) is 3.16. The second kappa shape index (κ2) is 7.93. The number of hydrogen-bond acceptors (Lipinski definition) is 6. The Hall–Kier alpha value is -2.38. The molecular weight excluding hydrogens is 376 g/mol. The molecular formula is C21H26N2O4S. The van der Waals surface area contributed by atoms with Crippen molar-refractivity contribution in [3.8, 4) is 11.5 Å². The van der Waals surface area contributed by atoms with Crippen LogP contribution in [-0.2, 0) is 17.7 Å². The van der Waals surface area contributed by atoms with Crippen LogP contribution in [0.3, 0.4) is 0 Å². The van der Waals surface area contributed by atoms with Crippen LogP contribution in [0, 0.1) is 0 Å². The lowest BCUT2D eigenvalue weighted by molar-refractivity contribution is -0.895. The number of methoxy groups -OCH3 is 1. The third kappa shape index (κ3) is 4.36. The third-order valence-corrected chi connectivity index (χ3v) is 5.63. The fourth-order valence-corrected chi connectivity index (χ4v) is 4.45. The summed E-state index contributed by atoms with van der Waals surface area (Å²) in [5.74, 6) is -0.310. The predicted octanol–water partition coefficient (Wildman–Crippen LogP) is 2.11. The summed E-state index contributed by atoms with van der Waals surface area (Å²) in [6.45, 7) is 7.38. The Balaban J connectivity index is 2.02. The lowest BCUT2D eigenvalue weighted by Crippen LogP contribution is -3.08. The third-order valence-electron chi connectivity index (χ3n) is 4.49. The van der Waals surface area contributed by atoms with E-state index in [0.29, 0.717) is 16.1 Å². The number of carbonyl (C=O) groups is 1. The normalized spacial score (nSPS) is 16.8. The highest BCUT2D eigenvalue weighted by Gasteiger charge is 2.31. The molecule has 0 fully saturated rings. The molecule has 0 amide bonds. The number of nitrogens with one attached hydrogen (secondary N) is 1. The summed E-state index contributed by atoms with van der Waals surface area (Å²) in [6.07, 6.45) is 2.32. The Morgan fingerprint density at radius 1 is 1.36 bits per heavy atom. The molecule has 2 aromatic rings. The number of para-hydroxylation sites is 1. The summed E-state index contributed by atoms with van der Waals surface area (Å²) >= 11 is 1.50. The molecule has 1 aliphatic rings. The quantitative estimate of drug-likeness (QED) is 0.628. The van der Waals surface area contributed by atoms with E-state index in [1.807, 2.05) is 20.8 Å². The van der Waals surface area contributed by atoms with Crippen molar-refractivity contribution in [2.45, 2.75) is 39.3 Å². The summed E-state index contributed by atoms with van der Waals surface area (Å²) in [5.41, 5.74) is 1.40. The van der Waals surface area contributed by atoms with Crippen LogP contribution in [0.4, 0.5) is 5.00 Å². The van der Waals surface area contributed by atoms with Gasteiger partial charge >= 0.3 is 5.97 Å². The van der Waals surface area contributed by atoms with Gasteiger partial charge in [0.15, 0.2) is 0 Å². The molecule has 1 aromatic carbocycles. The number of fused-ring (bicyclic) bond motifs is 1. The van der Waals surface area contributed by atoms with Crippen LogP contribution in [0.15, 0.2) is 23.2 Å². The first-order valence-electron chi connectivity index (χ1n) is 9.27. The first-order chi connectivity index (χ1) is 13.2. The summed E-state index contributed by atoms with van der Waals surface area (Å²) in [7, 11) is 3.60. The summed E-state index contributed by atoms with van der Waals surface area (Å²) in [5, 5.41) is 13.0. The van der Waals surface area contributed by atoms with Crippen molar-refractivity contribution in [2.24, 2.45) is 4.99 Å². The smallest absolute Gasteiger partial charge is 0.342 e. The number of likely N-dealkylation sites (N-methyl/N-ethyl adjacent to an activating group) is 1. The van der Waals surface area contributed by atoms with Crippen molar-refractivity contribution in [2.75, 3.05) is 20.7 Å². The van der Waals surface area contributed by atoms with Crippen LogP contribution >= 0.6 is 11.3 Å². The van der Waals surface area contributed by atoms with Gasteiger partial charge in [-0.2, -0.15) is 0 Å². The molecule has 0 aliphatic carbocycles. The molecule has 1 aliphatic heterocycles. The van der Waals surface area contributed by atoms with Crippen LogP contribution < -0.4 is 14.7 Å². The van der Waals surface area contributed by atoms with Crippen molar-refractivity contribution >= 4 is 28.5 Å². The lowest BCUT2D eigenvalue weighted by atomic mass is 10.0. The maximum atomic E-state index is 12.9. The summed E-state index contributed by atoms with van der Waals surface area (Å²) in [6, 6.07) is 5.05. The molecule has 1 N–H and O–H groups in total. The molecule has 0 saturated heterocycles. The maximum Gasteiger partial charge on any atom is 0.342 e. The van der Waals surface area contributed by atoms with E-state index >= 15 is 0 Å². The number of quaternary nitrogens is 1. The maximum absolute atomic E-state index is 12.9. The van der Waals surface area contributed by atoms with Crippen LogP contribution in [0.2, 0.25) is 0 Å². The molecule has 150 valence electrons. The zero-order chi connectivity index (χ0) is 20.5. The first kappa shape index (κ1) is 20.4. The number of benzene rings is 1. The van der Waals surface area contributed by atoms with Gasteiger partial charge in [-0.15, -0.1) is 11.3 Å². The molecule has 6 nitrogen and oxygen atoms in total. The topological polar surface area (TPSA) is 75.4 Å². The average molecular weight is 403 g/mol. The molecule has 3 rings (SSSR count). The highest BCUT2D eigenvalue weighted by molar-refractivity contribution is 7.16. The molecule has 0 spiro atoms. The number of thiophene rings is 1. The van der Waals surface area contributed by atoms with Crippen molar-refractivity contribution in [1.29, 1.82) is 0 Å². The number of hydrogen-bond donors (Lipinski definition) is 1. The molecule has 1 unspecified atom stereocenters. The second-order valence-corrected chi connectivity index (χ2v) is 9.04. The number of carbonyl (C=O) groups excluding carboxylic acids is 1. The van der Waals surface area contributed by atoms with Gasteiger partial charge in [0.05, 0.1) is 25.6 Å². The molecule has 1 atom stereocenters. The summed E-state index contributed by atoms with van der Waals surface area (Å²) in [4.78, 5) is 20.0. The van der Waals surface area contributed by atoms with Gasteiger partial charge in [0.25, 0.3) is 0 Å². The molecule has 0 saturated carbocycles. The Kier molecular flexibility index (Phi) is 5.76. The van der Waals surface area contributed by atoms with E-state index in [2.05, 4.69) is 12.0 Å². The number of nitrogens with zero attached hydrogens (tertiary/aromatic N) is 1. The number of ether oxygens (including phenoxy) is 2. The van der Waals surface area contributed by atoms with E-state index in [-0.39, 0.29) is 17.5 Å². The molecule has 28 heavy (non-hydrogen) atoms. The molecule has 2 heterocycles. The zero-order valence-corrected chi connectivity index (χ0v) is 17.7. The first-order valence-corrected chi connectivity index (χ1v) is 10.1. The van der Waals surface area contributed by atoms with E-state index in [1.54, 1.807) is 18.2 Å². The SMILES string of the molecule is COc1cccc(/C=N/c2sc3c(c2C(=O)OC(C)(C)C)CC[NH+](C)C3)c1[O-]. The largest absolute Gasteiger partial charge is 0.870 e. The highest BCUT2D eigenvalue weighted by atomic mass is 32.1. The number of esters is 1. The van der Waals surface area contributed by atoms with E-state index in [9.17, 15) is 9.90 Å². The van der Waals surface area contributed by atoms with Crippen molar-refractivity contribution < 1.29 is 24.3 Å². The predicted molar refractivity (Wildman–Crippen MR) is 108 cm³/mol. The van der Waals surface area contributed by atoms with E-state index in [4.69, 9.17) is 9.47 Å². The monoisotopic (exact) mass is 402 g/mol. The summed E-state index contributed by atoms with van der Waals surface area (Å²) < 4.78 is 10.7. The fraction of sp³-hybridized carbons (Fsp3) is 0.429. The van der Waals surface area contributed by atoms with E-state index in [1.165, 1.54) is 29.6 Å². The second-order valence-electron chi connectivity index (χ2n) is 7.96. The minimum Gasteiger partial charge on any atom is -0.870 e. The van der Waals surface area contributed by atoms with Crippen LogP contribution in [0.5, 0.6) is 11.5 Å². The van der Waals surface area contributed by atoms with Gasteiger partial charge in [0.2, 0.25) is 0 Å². The van der Waals surface area contributed by atoms with Gasteiger partial charge in [-0.05, 0) is 38.0 Å². The van der Waals surface area contributed by atoms with Gasteiger partial charge in [0.1, 0.15) is 28.5 Å². The Morgan fingerprint density at radius 3 is 2.79 bits per heavy atom. The van der Waals surface area contributed by atoms with Crippen LogP contribution in [-0.4, -0.2) is 38.5 Å². The molecule has 0 bridgehead atoms. The Labute approximate surface area is 169 Å². The van der Waals surface area contributed by atoms with Crippen molar-refractivity contribution in [3.05, 3.63) is 39.8 Å². The zero-order valence-electron chi connectivity index (χ0n) is 16.9. The molecule has 0 radical (unpaired) electrons. The number of rotatable bonds is 4. The van der Waals surface area contributed by atoms with Gasteiger partial charge < -0.3 is 19.5 Å². The minimum absolute atomic E-state index is 0.224. The standard InChI is InChI=1S/C21H26N2O4S/c1-21(2,3)27-20(25)17-14-9-10-23(4)12-16(14)28-19(17)22-11-13-7-6-8-15(26-5)18(13)24/h6-8,11,24H,9-10,12H2,1-5H3/b22-11+. The Bertz CT molecular complexity index is 912. The van der Waals surface area contributed by atoms with Gasteiger partial charge in [-0.3, -0.25) is 0 Å². The van der Waals surface area contributed by atoms with Gasteiger partial charge in [-0.1, -0.05) is 17.9 Å². The number of aliphatic imine (C=N–C) groups is 1. The highest BCUT2D eigenvalue weighted by Crippen LogP contribution is 2.38. The van der Waals surface area contributed by atoms with Crippen molar-refractivity contribution in [3.63, 3.8) is 0 Å². The lowest BCUT2D eigenvalue weighted by Gasteiger charge is -2.22. The van der Waals surface area contributed by atoms with E-state index in [0.717, 1.165) is 30.0 Å². The Morgan fingerprint density at radius 2 is 2.11 bits per heavy atom. The molecule has 1 aromatic heterocycles. The van der Waals surface area contributed by atoms with Crippen LogP contribution in [0.25, 0.3) is 0 Å². The minimum atomic E-state index is -0.585. The average Bonchev–Trinajstić information content (AvgIpc) is 2.96. The van der Waals surface area contributed by atoms with Gasteiger partial charge in [-0.25, -0.2) is 9.79 Å². The molecule has 7 heteroatoms. The van der Waals surface area contributed by atoms with Crippen LogP contribution in [0.1, 0.15) is 47.1 Å². The van der Waals surface area contributed by atoms with Gasteiger partial charge in [0, 0.05) is 12.6 Å². The van der Waals surface area contributed by atoms with Crippen molar-refractivity contribution in [1.82, 2.24) is 0 Å². The van der Waals surface area contributed by atoms with E-state index < -0.39 is 5.60 Å².